The highest BCUT2D eigenvalue weighted by atomic mass is 16.5. The van der Waals surface area contributed by atoms with Crippen LogP contribution in [0.2, 0.25) is 0 Å². The van der Waals surface area contributed by atoms with Gasteiger partial charge in [-0.05, 0) is 31.8 Å². The van der Waals surface area contributed by atoms with E-state index in [0.29, 0.717) is 0 Å². The molecule has 1 heteroatoms. The average molecular weight is 166 g/mol. The number of allylic oxidation sites excluding steroid dienone is 1. The molecule has 0 aliphatic rings. The van der Waals surface area contributed by atoms with Crippen molar-refractivity contribution in [1.29, 1.82) is 0 Å². The van der Waals surface area contributed by atoms with E-state index in [2.05, 4.69) is 19.7 Å². The molecule has 68 valence electrons. The molecule has 0 bridgehead atoms. The van der Waals surface area contributed by atoms with Gasteiger partial charge in [0.15, 0.2) is 0 Å². The Morgan fingerprint density at radius 3 is 2.58 bits per heavy atom. The second-order valence-electron chi connectivity index (χ2n) is 2.86. The van der Waals surface area contributed by atoms with Crippen molar-refractivity contribution in [2.75, 3.05) is 0 Å². The third-order valence-electron chi connectivity index (χ3n) is 1.68. The summed E-state index contributed by atoms with van der Waals surface area (Å²) in [6.45, 7) is 13.0. The lowest BCUT2D eigenvalue weighted by Crippen LogP contribution is -2.10. The van der Waals surface area contributed by atoms with Gasteiger partial charge in [0.1, 0.15) is 6.10 Å². The van der Waals surface area contributed by atoms with Gasteiger partial charge in [-0.15, -0.1) is 6.58 Å². The Labute approximate surface area is 75.4 Å². The summed E-state index contributed by atoms with van der Waals surface area (Å²) in [5.41, 5.74) is 1.05. The number of ether oxygens (including phenoxy) is 1. The normalized spacial score (nSPS) is 11.8. The van der Waals surface area contributed by atoms with Gasteiger partial charge in [0.05, 0.1) is 6.26 Å². The van der Waals surface area contributed by atoms with Crippen molar-refractivity contribution in [2.45, 2.75) is 32.3 Å². The van der Waals surface area contributed by atoms with Crippen molar-refractivity contribution >= 4 is 0 Å². The lowest BCUT2D eigenvalue weighted by Gasteiger charge is -2.15. The molecule has 0 aromatic carbocycles. The molecule has 0 aliphatic heterocycles. The van der Waals surface area contributed by atoms with E-state index in [1.807, 2.05) is 13.0 Å². The second-order valence-corrected chi connectivity index (χ2v) is 2.86. The number of rotatable bonds is 7. The summed E-state index contributed by atoms with van der Waals surface area (Å²) in [4.78, 5) is 0. The highest BCUT2D eigenvalue weighted by Gasteiger charge is 2.06. The van der Waals surface area contributed by atoms with Crippen LogP contribution in [0.15, 0.2) is 37.6 Å². The molecular formula is C11H18O. The molecule has 0 aromatic rings. The molecule has 0 heterocycles. The van der Waals surface area contributed by atoms with Gasteiger partial charge in [0.25, 0.3) is 0 Å². The number of unbranched alkanes of at least 4 members (excludes halogenated alkanes) is 1. The Balaban J connectivity index is 3.70. The van der Waals surface area contributed by atoms with Crippen molar-refractivity contribution in [2.24, 2.45) is 0 Å². The van der Waals surface area contributed by atoms with Crippen LogP contribution in [-0.4, -0.2) is 6.10 Å². The quantitative estimate of drug-likeness (QED) is 0.320. The van der Waals surface area contributed by atoms with Gasteiger partial charge in [0, 0.05) is 0 Å². The molecule has 0 radical (unpaired) electrons. The van der Waals surface area contributed by atoms with E-state index in [-0.39, 0.29) is 6.10 Å². The van der Waals surface area contributed by atoms with Crippen molar-refractivity contribution in [3.8, 4) is 0 Å². The van der Waals surface area contributed by atoms with Crippen LogP contribution in [0.5, 0.6) is 0 Å². The van der Waals surface area contributed by atoms with Gasteiger partial charge in [-0.2, -0.15) is 0 Å². The van der Waals surface area contributed by atoms with Gasteiger partial charge in [-0.3, -0.25) is 0 Å². The van der Waals surface area contributed by atoms with E-state index in [9.17, 15) is 0 Å². The fraction of sp³-hybridized carbons (Fsp3) is 0.455. The zero-order valence-corrected chi connectivity index (χ0v) is 7.88. The first-order valence-electron chi connectivity index (χ1n) is 4.25. The summed E-state index contributed by atoms with van der Waals surface area (Å²) in [5.74, 6) is 0. The molecule has 0 aromatic heterocycles. The number of hydrogen-bond donors (Lipinski definition) is 0. The van der Waals surface area contributed by atoms with E-state index in [1.165, 1.54) is 6.26 Å². The second kappa shape index (κ2) is 6.71. The van der Waals surface area contributed by atoms with Crippen LogP contribution in [0.25, 0.3) is 0 Å². The lowest BCUT2D eigenvalue weighted by molar-refractivity contribution is 0.166. The van der Waals surface area contributed by atoms with Gasteiger partial charge in [0.2, 0.25) is 0 Å². The average Bonchev–Trinajstić information content (AvgIpc) is 2.03. The molecule has 0 saturated heterocycles. The van der Waals surface area contributed by atoms with Gasteiger partial charge in [-0.1, -0.05) is 19.2 Å². The van der Waals surface area contributed by atoms with Crippen LogP contribution >= 0.6 is 0 Å². The highest BCUT2D eigenvalue weighted by Crippen LogP contribution is 2.12. The van der Waals surface area contributed by atoms with E-state index in [1.54, 1.807) is 0 Å². The predicted molar refractivity (Wildman–Crippen MR) is 53.9 cm³/mol. The Morgan fingerprint density at radius 1 is 1.50 bits per heavy atom. The molecule has 0 amide bonds. The van der Waals surface area contributed by atoms with Gasteiger partial charge >= 0.3 is 0 Å². The third-order valence-corrected chi connectivity index (χ3v) is 1.68. The Hall–Kier alpha value is -0.980. The van der Waals surface area contributed by atoms with Crippen LogP contribution in [-0.2, 0) is 4.74 Å². The van der Waals surface area contributed by atoms with Crippen molar-refractivity contribution in [1.82, 2.24) is 0 Å². The van der Waals surface area contributed by atoms with E-state index in [0.717, 1.165) is 24.8 Å². The summed E-state index contributed by atoms with van der Waals surface area (Å²) in [5, 5.41) is 0. The fourth-order valence-electron chi connectivity index (χ4n) is 0.994. The van der Waals surface area contributed by atoms with Gasteiger partial charge < -0.3 is 4.74 Å². The van der Waals surface area contributed by atoms with E-state index < -0.39 is 0 Å². The molecule has 1 nitrogen and oxygen atoms in total. The summed E-state index contributed by atoms with van der Waals surface area (Å²) >= 11 is 0. The molecule has 1 atom stereocenters. The molecule has 0 saturated carbocycles. The molecular weight excluding hydrogens is 148 g/mol. The first kappa shape index (κ1) is 11.0. The van der Waals surface area contributed by atoms with Crippen molar-refractivity contribution < 1.29 is 4.74 Å². The van der Waals surface area contributed by atoms with Crippen molar-refractivity contribution in [3.05, 3.63) is 37.6 Å². The summed E-state index contributed by atoms with van der Waals surface area (Å²) in [6, 6.07) is 0. The van der Waals surface area contributed by atoms with Crippen molar-refractivity contribution in [3.63, 3.8) is 0 Å². The minimum absolute atomic E-state index is 0.127. The third kappa shape index (κ3) is 4.78. The highest BCUT2D eigenvalue weighted by molar-refractivity contribution is 4.98. The van der Waals surface area contributed by atoms with Crippen LogP contribution < -0.4 is 0 Å². The Bertz CT molecular complexity index is 158. The van der Waals surface area contributed by atoms with Crippen LogP contribution in [0, 0.1) is 0 Å². The molecule has 0 N–H and O–H groups in total. The molecule has 1 unspecified atom stereocenters. The Morgan fingerprint density at radius 2 is 2.17 bits per heavy atom. The fourth-order valence-corrected chi connectivity index (χ4v) is 0.994. The van der Waals surface area contributed by atoms with Gasteiger partial charge in [-0.25, -0.2) is 0 Å². The SMILES string of the molecule is C=CCCCC(OC=C)C(=C)C. The lowest BCUT2D eigenvalue weighted by atomic mass is 10.1. The van der Waals surface area contributed by atoms with E-state index in [4.69, 9.17) is 4.74 Å². The van der Waals surface area contributed by atoms with E-state index >= 15 is 0 Å². The minimum atomic E-state index is 0.127. The maximum Gasteiger partial charge on any atom is 0.118 e. The molecule has 0 fully saturated rings. The largest absolute Gasteiger partial charge is 0.494 e. The Kier molecular flexibility index (Phi) is 6.16. The topological polar surface area (TPSA) is 9.23 Å². The monoisotopic (exact) mass is 166 g/mol. The van der Waals surface area contributed by atoms with Crippen LogP contribution in [0.3, 0.4) is 0 Å². The number of hydrogen-bond acceptors (Lipinski definition) is 1. The summed E-state index contributed by atoms with van der Waals surface area (Å²) < 4.78 is 5.28. The first-order chi connectivity index (χ1) is 5.72. The summed E-state index contributed by atoms with van der Waals surface area (Å²) in [6.07, 6.45) is 6.64. The molecule has 0 spiro atoms. The molecule has 0 rings (SSSR count). The van der Waals surface area contributed by atoms with Crippen LogP contribution in [0.4, 0.5) is 0 Å². The zero-order chi connectivity index (χ0) is 9.40. The standard InChI is InChI=1S/C11H18O/c1-5-7-8-9-11(10(3)4)12-6-2/h5-6,11H,1-3,7-9H2,4H3. The maximum absolute atomic E-state index is 5.28. The minimum Gasteiger partial charge on any atom is -0.494 e. The summed E-state index contributed by atoms with van der Waals surface area (Å²) in [7, 11) is 0. The smallest absolute Gasteiger partial charge is 0.118 e. The van der Waals surface area contributed by atoms with Crippen LogP contribution in [0.1, 0.15) is 26.2 Å². The first-order valence-corrected chi connectivity index (χ1v) is 4.25. The zero-order valence-electron chi connectivity index (χ0n) is 7.88. The maximum atomic E-state index is 5.28. The predicted octanol–water partition coefficient (Wildman–Crippen LogP) is 3.45. The molecule has 0 aliphatic carbocycles. The molecule has 12 heavy (non-hydrogen) atoms.